The van der Waals surface area contributed by atoms with Gasteiger partial charge < -0.3 is 0 Å². The van der Waals surface area contributed by atoms with E-state index in [0.717, 1.165) is 47.6 Å². The van der Waals surface area contributed by atoms with Gasteiger partial charge in [0.05, 0.1) is 0 Å². The monoisotopic (exact) mass is 276 g/mol. The molecule has 0 bridgehead atoms. The molecule has 1 aromatic carbocycles. The number of benzene rings is 1. The molecular formula is C6H3Cl3S3. The summed E-state index contributed by atoms with van der Waals surface area (Å²) in [6.45, 7) is 0. The van der Waals surface area contributed by atoms with E-state index in [2.05, 4.69) is 0 Å². The van der Waals surface area contributed by atoms with Crippen molar-refractivity contribution < 1.29 is 0 Å². The van der Waals surface area contributed by atoms with Crippen molar-refractivity contribution in [1.29, 1.82) is 0 Å². The molecule has 0 saturated heterocycles. The van der Waals surface area contributed by atoms with Crippen molar-refractivity contribution in [2.75, 3.05) is 0 Å². The van der Waals surface area contributed by atoms with Gasteiger partial charge in [-0.15, -0.1) is 0 Å². The Bertz CT molecular complexity index is 211. The summed E-state index contributed by atoms with van der Waals surface area (Å²) >= 11 is 0. The van der Waals surface area contributed by atoms with Crippen LogP contribution in [0.2, 0.25) is 0 Å². The second-order valence-electron chi connectivity index (χ2n) is 1.87. The molecule has 0 unspecified atom stereocenters. The molecule has 0 N–H and O–H groups in total. The normalized spacial score (nSPS) is 10.2. The highest BCUT2D eigenvalue weighted by molar-refractivity contribution is 8.22. The Labute approximate surface area is 97.2 Å². The van der Waals surface area contributed by atoms with Gasteiger partial charge in [0.15, 0.2) is 0 Å². The molecule has 0 aliphatic carbocycles. The molecule has 0 aromatic heterocycles. The third kappa shape index (κ3) is 3.13. The fraction of sp³-hybridized carbons (Fsp3) is 0. The van der Waals surface area contributed by atoms with Crippen LogP contribution in [0.1, 0.15) is 0 Å². The fourth-order valence-electron chi connectivity index (χ4n) is 0.679. The highest BCUT2D eigenvalue weighted by Crippen LogP contribution is 2.35. The van der Waals surface area contributed by atoms with Crippen molar-refractivity contribution in [1.82, 2.24) is 0 Å². The predicted molar refractivity (Wildman–Crippen MR) is 61.6 cm³/mol. The minimum absolute atomic E-state index is 0.950. The summed E-state index contributed by atoms with van der Waals surface area (Å²) in [5, 5.41) is 0. The van der Waals surface area contributed by atoms with E-state index in [9.17, 15) is 0 Å². The lowest BCUT2D eigenvalue weighted by Crippen LogP contribution is -1.73. The van der Waals surface area contributed by atoms with Gasteiger partial charge in [-0.1, -0.05) is 0 Å². The van der Waals surface area contributed by atoms with Crippen molar-refractivity contribution >= 4 is 65.0 Å². The highest BCUT2D eigenvalue weighted by Gasteiger charge is 2.00. The molecule has 0 spiro atoms. The number of hydrogen-bond donors (Lipinski definition) is 0. The minimum Gasteiger partial charge on any atom is -0.0387 e. The van der Waals surface area contributed by atoms with Crippen molar-refractivity contribution in [3.05, 3.63) is 18.2 Å². The van der Waals surface area contributed by atoms with E-state index >= 15 is 0 Å². The Hall–Kier alpha value is 1.14. The van der Waals surface area contributed by atoms with Crippen LogP contribution in [0, 0.1) is 0 Å². The molecule has 0 atom stereocenters. The molecule has 0 amide bonds. The Balaban J connectivity index is 3.01. The van der Waals surface area contributed by atoms with Gasteiger partial charge in [0.1, 0.15) is 0 Å². The van der Waals surface area contributed by atoms with Gasteiger partial charge in [-0.05, 0) is 83.2 Å². The van der Waals surface area contributed by atoms with Crippen LogP contribution in [0.5, 0.6) is 0 Å². The maximum Gasteiger partial charge on any atom is 0.0256 e. The van der Waals surface area contributed by atoms with Crippen molar-refractivity contribution in [3.8, 4) is 0 Å². The number of hydrogen-bond acceptors (Lipinski definition) is 3. The van der Waals surface area contributed by atoms with Crippen LogP contribution in [0.3, 0.4) is 0 Å². The van der Waals surface area contributed by atoms with Crippen LogP contribution >= 0.6 is 65.0 Å². The van der Waals surface area contributed by atoms with E-state index in [1.54, 1.807) is 0 Å². The van der Waals surface area contributed by atoms with Gasteiger partial charge in [0.2, 0.25) is 0 Å². The first-order valence-corrected chi connectivity index (χ1v) is 7.74. The van der Waals surface area contributed by atoms with Gasteiger partial charge in [0.25, 0.3) is 0 Å². The van der Waals surface area contributed by atoms with E-state index in [1.807, 2.05) is 18.2 Å². The maximum atomic E-state index is 5.60. The first kappa shape index (κ1) is 11.2. The largest absolute Gasteiger partial charge is 0.0387 e. The van der Waals surface area contributed by atoms with Crippen molar-refractivity contribution in [3.63, 3.8) is 0 Å². The molecule has 1 aromatic rings. The third-order valence-corrected chi connectivity index (χ3v) is 3.97. The van der Waals surface area contributed by atoms with Crippen LogP contribution in [0.25, 0.3) is 0 Å². The van der Waals surface area contributed by atoms with Gasteiger partial charge in [0, 0.05) is 14.7 Å². The Kier molecular flexibility index (Phi) is 5.41. The molecule has 0 fully saturated rings. The average molecular weight is 278 g/mol. The second-order valence-corrected chi connectivity index (χ2v) is 5.14. The topological polar surface area (TPSA) is 0 Å². The molecule has 0 aliphatic rings. The van der Waals surface area contributed by atoms with Crippen molar-refractivity contribution in [2.24, 2.45) is 0 Å². The first-order valence-electron chi connectivity index (χ1n) is 2.81. The minimum atomic E-state index is 0.950. The number of halogens is 3. The molecular weight excluding hydrogens is 275 g/mol. The quantitative estimate of drug-likeness (QED) is 0.723. The lowest BCUT2D eigenvalue weighted by Gasteiger charge is -2.00. The zero-order valence-electron chi connectivity index (χ0n) is 5.59. The smallest absolute Gasteiger partial charge is 0.0256 e. The molecule has 0 radical (unpaired) electrons. The van der Waals surface area contributed by atoms with Gasteiger partial charge in [-0.25, -0.2) is 0 Å². The van der Waals surface area contributed by atoms with Gasteiger partial charge in [-0.2, -0.15) is 0 Å². The zero-order chi connectivity index (χ0) is 8.97. The third-order valence-electron chi connectivity index (χ3n) is 1.12. The van der Waals surface area contributed by atoms with Gasteiger partial charge in [-0.3, -0.25) is 0 Å². The summed E-state index contributed by atoms with van der Waals surface area (Å²) in [4.78, 5) is 2.85. The van der Waals surface area contributed by atoms with E-state index in [-0.39, 0.29) is 0 Å². The molecule has 0 nitrogen and oxygen atoms in total. The standard InChI is InChI=1S/C6H3Cl3S3/c7-10-4-1-5(11-8)3-6(2-4)12-9/h1-3H. The molecule has 1 rings (SSSR count). The lowest BCUT2D eigenvalue weighted by molar-refractivity contribution is 1.24. The van der Waals surface area contributed by atoms with Crippen LogP contribution in [-0.4, -0.2) is 0 Å². The maximum absolute atomic E-state index is 5.60. The van der Waals surface area contributed by atoms with E-state index in [1.165, 1.54) is 0 Å². The summed E-state index contributed by atoms with van der Waals surface area (Å²) in [7, 11) is 20.3. The van der Waals surface area contributed by atoms with Crippen LogP contribution < -0.4 is 0 Å². The van der Waals surface area contributed by atoms with E-state index in [4.69, 9.17) is 32.0 Å². The molecule has 12 heavy (non-hydrogen) atoms. The summed E-state index contributed by atoms with van der Waals surface area (Å²) in [6, 6.07) is 5.73. The fourth-order valence-corrected chi connectivity index (χ4v) is 2.73. The molecule has 0 heterocycles. The SMILES string of the molecule is ClSc1cc(SCl)cc(SCl)c1. The second kappa shape index (κ2) is 5.78. The first-order chi connectivity index (χ1) is 5.80. The molecule has 66 valence electrons. The van der Waals surface area contributed by atoms with E-state index < -0.39 is 0 Å². The molecule has 0 aliphatic heterocycles. The zero-order valence-corrected chi connectivity index (χ0v) is 10.3. The summed E-state index contributed by atoms with van der Waals surface area (Å²) in [6.07, 6.45) is 0. The Morgan fingerprint density at radius 2 is 0.917 bits per heavy atom. The Morgan fingerprint density at radius 1 is 0.667 bits per heavy atom. The molecule has 0 saturated carbocycles. The van der Waals surface area contributed by atoms with Crippen LogP contribution in [0.4, 0.5) is 0 Å². The molecule has 6 heteroatoms. The Morgan fingerprint density at radius 3 is 1.08 bits per heavy atom. The van der Waals surface area contributed by atoms with Crippen LogP contribution in [0.15, 0.2) is 32.9 Å². The summed E-state index contributed by atoms with van der Waals surface area (Å²) in [5.74, 6) is 0. The summed E-state index contributed by atoms with van der Waals surface area (Å²) in [5.41, 5.74) is 0. The number of rotatable bonds is 3. The van der Waals surface area contributed by atoms with Gasteiger partial charge >= 0.3 is 0 Å². The summed E-state index contributed by atoms with van der Waals surface area (Å²) < 4.78 is 0. The highest BCUT2D eigenvalue weighted by atomic mass is 35.7. The van der Waals surface area contributed by atoms with E-state index in [0.29, 0.717) is 0 Å². The predicted octanol–water partition coefficient (Wildman–Crippen LogP) is 5.42. The average Bonchev–Trinajstić information content (AvgIpc) is 2.16. The van der Waals surface area contributed by atoms with Crippen LogP contribution in [-0.2, 0) is 0 Å². The van der Waals surface area contributed by atoms with Crippen molar-refractivity contribution in [2.45, 2.75) is 14.7 Å². The lowest BCUT2D eigenvalue weighted by atomic mass is 10.4.